The molecule has 0 N–H and O–H groups in total. The van der Waals surface area contributed by atoms with Crippen LogP contribution in [0.15, 0.2) is 0 Å². The molecule has 0 aromatic carbocycles. The molecule has 0 atom stereocenters. The second kappa shape index (κ2) is 4.30. The van der Waals surface area contributed by atoms with E-state index in [-0.39, 0.29) is 0 Å². The van der Waals surface area contributed by atoms with Gasteiger partial charge in [-0.05, 0) is 0 Å². The fourth-order valence-corrected chi connectivity index (χ4v) is 1.86. The van der Waals surface area contributed by atoms with Gasteiger partial charge in [0, 0.05) is 0 Å². The van der Waals surface area contributed by atoms with Crippen LogP contribution in [0.5, 0.6) is 0 Å². The Bertz CT molecular complexity index is 332. The van der Waals surface area contributed by atoms with Crippen molar-refractivity contribution in [1.82, 2.24) is 0 Å². The Hall–Kier alpha value is -0.920. The number of halogens is 12. The van der Waals surface area contributed by atoms with Crippen LogP contribution in [-0.2, 0) is 9.47 Å². The van der Waals surface area contributed by atoms with Crippen LogP contribution in [0.2, 0.25) is 0 Å². The average Bonchev–Trinajstić information content (AvgIpc) is 2.53. The zero-order valence-corrected chi connectivity index (χ0v) is 9.06. The van der Waals surface area contributed by atoms with Crippen molar-refractivity contribution in [3.8, 4) is 0 Å². The van der Waals surface area contributed by atoms with E-state index < -0.39 is 42.7 Å². The Kier molecular flexibility index (Phi) is 3.71. The Balaban J connectivity index is 3.86. The summed E-state index contributed by atoms with van der Waals surface area (Å²) in [6.07, 6.45) is -28.4. The second-order valence-electron chi connectivity index (χ2n) is 3.76. The molecule has 1 heterocycles. The summed E-state index contributed by atoms with van der Waals surface area (Å²) in [7, 11) is 0. The average molecular weight is 346 g/mol. The summed E-state index contributed by atoms with van der Waals surface area (Å²) < 4.78 is 156. The fraction of sp³-hybridized carbons (Fsp3) is 1.00. The minimum atomic E-state index is -7.10. The lowest BCUT2D eigenvalue weighted by Crippen LogP contribution is -2.79. The van der Waals surface area contributed by atoms with E-state index in [0.717, 1.165) is 0 Å². The zero-order chi connectivity index (χ0) is 17.1. The van der Waals surface area contributed by atoms with E-state index in [1.165, 1.54) is 0 Å². The van der Waals surface area contributed by atoms with Crippen molar-refractivity contribution in [1.29, 1.82) is 0 Å². The van der Waals surface area contributed by atoms with Crippen LogP contribution in [0.4, 0.5) is 52.7 Å². The molecule has 0 spiro atoms. The van der Waals surface area contributed by atoms with E-state index in [1.54, 1.807) is 0 Å². The quantitative estimate of drug-likeness (QED) is 0.623. The molecule has 0 aromatic heterocycles. The highest BCUT2D eigenvalue weighted by atomic mass is 19.4. The maximum atomic E-state index is 12.5. The normalized spacial score (nSPS) is 23.4. The van der Waals surface area contributed by atoms with Gasteiger partial charge in [-0.15, -0.1) is 0 Å². The Morgan fingerprint density at radius 1 is 0.476 bits per heavy atom. The lowest BCUT2D eigenvalue weighted by atomic mass is 9.79. The van der Waals surface area contributed by atoms with Crippen LogP contribution in [0, 0.1) is 0 Å². The highest BCUT2D eigenvalue weighted by Crippen LogP contribution is 2.65. The molecule has 2 nitrogen and oxygen atoms in total. The minimum absolute atomic E-state index is 2.50. The van der Waals surface area contributed by atoms with E-state index in [2.05, 4.69) is 9.47 Å². The van der Waals surface area contributed by atoms with Gasteiger partial charge in [0.1, 0.15) is 6.79 Å². The van der Waals surface area contributed by atoms with Crippen LogP contribution >= 0.6 is 0 Å². The first kappa shape index (κ1) is 18.1. The van der Waals surface area contributed by atoms with Gasteiger partial charge in [0.2, 0.25) is 0 Å². The molecule has 1 aliphatic heterocycles. The lowest BCUT2D eigenvalue weighted by molar-refractivity contribution is -0.464. The van der Waals surface area contributed by atoms with E-state index in [9.17, 15) is 52.7 Å². The number of alkyl halides is 12. The third kappa shape index (κ3) is 2.05. The van der Waals surface area contributed by atoms with Crippen LogP contribution in [-0.4, -0.2) is 42.7 Å². The van der Waals surface area contributed by atoms with Crippen LogP contribution in [0.3, 0.4) is 0 Å². The van der Waals surface area contributed by atoms with Gasteiger partial charge in [0.05, 0.1) is 0 Å². The van der Waals surface area contributed by atoms with Gasteiger partial charge in [0.15, 0.2) is 0 Å². The molecule has 1 saturated heterocycles. The van der Waals surface area contributed by atoms with E-state index in [0.29, 0.717) is 0 Å². The third-order valence-electron chi connectivity index (χ3n) is 2.64. The standard InChI is InChI=1S/C7H2F12O2/c8-4(9,10)2(5(11,12)13)3(6(14,15)16,7(17,18)19)21-1-20-2/h1H2. The van der Waals surface area contributed by atoms with Gasteiger partial charge < -0.3 is 9.47 Å². The maximum absolute atomic E-state index is 12.5. The molecule has 1 aliphatic rings. The first-order valence-electron chi connectivity index (χ1n) is 4.50. The largest absolute Gasteiger partial charge is 0.430 e. The van der Waals surface area contributed by atoms with Crippen LogP contribution < -0.4 is 0 Å². The van der Waals surface area contributed by atoms with E-state index in [1.807, 2.05) is 0 Å². The number of hydrogen-bond donors (Lipinski definition) is 0. The summed E-state index contributed by atoms with van der Waals surface area (Å²) in [6.45, 7) is -2.50. The highest BCUT2D eigenvalue weighted by molar-refractivity contribution is 5.20. The molecule has 0 unspecified atom stereocenters. The summed E-state index contributed by atoms with van der Waals surface area (Å²) in [6, 6.07) is 0. The Labute approximate surface area is 106 Å². The molecule has 14 heteroatoms. The maximum Gasteiger partial charge on any atom is 0.430 e. The van der Waals surface area contributed by atoms with Crippen LogP contribution in [0.25, 0.3) is 0 Å². The molecule has 21 heavy (non-hydrogen) atoms. The van der Waals surface area contributed by atoms with Gasteiger partial charge in [-0.25, -0.2) is 0 Å². The summed E-state index contributed by atoms with van der Waals surface area (Å²) in [5, 5.41) is 0. The van der Waals surface area contributed by atoms with Crippen LogP contribution in [0.1, 0.15) is 0 Å². The Morgan fingerprint density at radius 3 is 0.810 bits per heavy atom. The van der Waals surface area contributed by atoms with Crippen molar-refractivity contribution in [3.63, 3.8) is 0 Å². The van der Waals surface area contributed by atoms with Crippen molar-refractivity contribution < 1.29 is 62.2 Å². The molecule has 0 aliphatic carbocycles. The monoisotopic (exact) mass is 346 g/mol. The predicted octanol–water partition coefficient (Wildman–Crippen LogP) is 3.72. The summed E-state index contributed by atoms with van der Waals surface area (Å²) in [5.41, 5.74) is -13.2. The Morgan fingerprint density at radius 2 is 0.667 bits per heavy atom. The van der Waals surface area contributed by atoms with Crippen molar-refractivity contribution in [2.75, 3.05) is 6.79 Å². The molecule has 0 aromatic rings. The number of hydrogen-bond acceptors (Lipinski definition) is 2. The van der Waals surface area contributed by atoms with E-state index >= 15 is 0 Å². The fourth-order valence-electron chi connectivity index (χ4n) is 1.86. The highest BCUT2D eigenvalue weighted by Gasteiger charge is 2.98. The van der Waals surface area contributed by atoms with E-state index in [4.69, 9.17) is 0 Å². The predicted molar refractivity (Wildman–Crippen MR) is 36.7 cm³/mol. The summed E-state index contributed by atoms with van der Waals surface area (Å²) in [5.74, 6) is 0. The topological polar surface area (TPSA) is 18.5 Å². The van der Waals surface area contributed by atoms with Gasteiger partial charge in [-0.3, -0.25) is 0 Å². The smallest absolute Gasteiger partial charge is 0.328 e. The van der Waals surface area contributed by atoms with Crippen molar-refractivity contribution in [3.05, 3.63) is 0 Å². The minimum Gasteiger partial charge on any atom is -0.328 e. The number of rotatable bonds is 0. The molecule has 126 valence electrons. The molecular weight excluding hydrogens is 344 g/mol. The molecule has 1 rings (SSSR count). The van der Waals surface area contributed by atoms with Gasteiger partial charge in [-0.1, -0.05) is 0 Å². The molecular formula is C7H2F12O2. The molecule has 1 fully saturated rings. The third-order valence-corrected chi connectivity index (χ3v) is 2.64. The SMILES string of the molecule is FC(F)(F)C1(C(F)(F)F)OCOC1(C(F)(F)F)C(F)(F)F. The van der Waals surface area contributed by atoms with Crippen molar-refractivity contribution in [2.45, 2.75) is 35.9 Å². The second-order valence-corrected chi connectivity index (χ2v) is 3.76. The first-order valence-corrected chi connectivity index (χ1v) is 4.50. The summed E-state index contributed by atoms with van der Waals surface area (Å²) >= 11 is 0. The van der Waals surface area contributed by atoms with Crippen molar-refractivity contribution >= 4 is 0 Å². The molecule has 0 amide bonds. The first-order chi connectivity index (χ1) is 8.96. The van der Waals surface area contributed by atoms with Gasteiger partial charge >= 0.3 is 35.9 Å². The number of ether oxygens (including phenoxy) is 2. The molecule has 0 bridgehead atoms. The lowest BCUT2D eigenvalue weighted by Gasteiger charge is -2.44. The van der Waals surface area contributed by atoms with Gasteiger partial charge in [-0.2, -0.15) is 52.7 Å². The zero-order valence-electron chi connectivity index (χ0n) is 9.06. The van der Waals surface area contributed by atoms with Crippen molar-refractivity contribution in [2.24, 2.45) is 0 Å². The molecule has 0 radical (unpaired) electrons. The summed E-state index contributed by atoms with van der Waals surface area (Å²) in [4.78, 5) is 0. The van der Waals surface area contributed by atoms with Gasteiger partial charge in [0.25, 0.3) is 0 Å². The molecule has 0 saturated carbocycles.